The third-order valence-corrected chi connectivity index (χ3v) is 5.15. The Labute approximate surface area is 118 Å². The van der Waals surface area contributed by atoms with Gasteiger partial charge in [0.2, 0.25) is 0 Å². The highest BCUT2D eigenvalue weighted by molar-refractivity contribution is 7.10. The molecule has 2 heterocycles. The summed E-state index contributed by atoms with van der Waals surface area (Å²) >= 11 is 1.84. The molecule has 2 nitrogen and oxygen atoms in total. The third kappa shape index (κ3) is 2.46. The van der Waals surface area contributed by atoms with Crippen LogP contribution >= 0.6 is 11.3 Å². The molecule has 100 valence electrons. The van der Waals surface area contributed by atoms with Gasteiger partial charge in [-0.2, -0.15) is 0 Å². The molecule has 1 unspecified atom stereocenters. The molecule has 3 rings (SSSR count). The number of hydrogen-bond donors (Lipinski definition) is 1. The zero-order valence-corrected chi connectivity index (χ0v) is 12.1. The molecule has 0 amide bonds. The SMILES string of the molecule is Cc1ccsc1C(CN)N1CCc2ccccc2C1. The van der Waals surface area contributed by atoms with Gasteiger partial charge in [0.25, 0.3) is 0 Å². The van der Waals surface area contributed by atoms with Crippen LogP contribution in [0.1, 0.15) is 27.6 Å². The van der Waals surface area contributed by atoms with E-state index in [0.717, 1.165) is 19.5 Å². The maximum Gasteiger partial charge on any atom is 0.0570 e. The molecule has 3 heteroatoms. The van der Waals surface area contributed by atoms with Gasteiger partial charge in [0.1, 0.15) is 0 Å². The van der Waals surface area contributed by atoms with E-state index in [1.165, 1.54) is 21.6 Å². The van der Waals surface area contributed by atoms with Crippen LogP contribution < -0.4 is 5.73 Å². The summed E-state index contributed by atoms with van der Waals surface area (Å²) in [6.45, 7) is 5.02. The Morgan fingerprint density at radius 2 is 2.05 bits per heavy atom. The van der Waals surface area contributed by atoms with Crippen molar-refractivity contribution in [3.8, 4) is 0 Å². The van der Waals surface area contributed by atoms with E-state index in [9.17, 15) is 0 Å². The Balaban J connectivity index is 1.85. The lowest BCUT2D eigenvalue weighted by Gasteiger charge is -2.35. The number of benzene rings is 1. The van der Waals surface area contributed by atoms with E-state index < -0.39 is 0 Å². The van der Waals surface area contributed by atoms with Gasteiger partial charge in [-0.15, -0.1) is 11.3 Å². The van der Waals surface area contributed by atoms with Gasteiger partial charge in [0.05, 0.1) is 6.04 Å². The topological polar surface area (TPSA) is 29.3 Å². The molecule has 0 spiro atoms. The van der Waals surface area contributed by atoms with Crippen LogP contribution in [0.15, 0.2) is 35.7 Å². The minimum absolute atomic E-state index is 0.369. The number of rotatable bonds is 3. The van der Waals surface area contributed by atoms with Gasteiger partial charge in [-0.05, 0) is 41.5 Å². The van der Waals surface area contributed by atoms with E-state index in [1.54, 1.807) is 0 Å². The number of nitrogens with two attached hydrogens (primary N) is 1. The van der Waals surface area contributed by atoms with Gasteiger partial charge in [-0.25, -0.2) is 0 Å². The second kappa shape index (κ2) is 5.45. The first-order chi connectivity index (χ1) is 9.29. The van der Waals surface area contributed by atoms with Crippen molar-refractivity contribution < 1.29 is 0 Å². The van der Waals surface area contributed by atoms with E-state index in [0.29, 0.717) is 12.6 Å². The summed E-state index contributed by atoms with van der Waals surface area (Å²) in [6, 6.07) is 11.3. The fourth-order valence-electron chi connectivity index (χ4n) is 2.93. The van der Waals surface area contributed by atoms with Crippen LogP contribution in [-0.4, -0.2) is 18.0 Å². The molecule has 0 saturated carbocycles. The molecular weight excluding hydrogens is 252 g/mol. The first kappa shape index (κ1) is 12.9. The van der Waals surface area contributed by atoms with Crippen LogP contribution in [0.4, 0.5) is 0 Å². The zero-order chi connectivity index (χ0) is 13.2. The summed E-state index contributed by atoms with van der Waals surface area (Å²) in [5.41, 5.74) is 10.4. The molecular formula is C16H20N2S. The van der Waals surface area contributed by atoms with E-state index in [4.69, 9.17) is 5.73 Å². The molecule has 0 aliphatic carbocycles. The molecule has 0 bridgehead atoms. The molecule has 19 heavy (non-hydrogen) atoms. The van der Waals surface area contributed by atoms with Gasteiger partial charge >= 0.3 is 0 Å². The van der Waals surface area contributed by atoms with Crippen LogP contribution in [0.3, 0.4) is 0 Å². The van der Waals surface area contributed by atoms with Crippen LogP contribution in [0.2, 0.25) is 0 Å². The minimum Gasteiger partial charge on any atom is -0.329 e. The molecule has 2 N–H and O–H groups in total. The van der Waals surface area contributed by atoms with Crippen LogP contribution in [0, 0.1) is 6.92 Å². The Hall–Kier alpha value is -1.16. The van der Waals surface area contributed by atoms with Crippen molar-refractivity contribution in [2.75, 3.05) is 13.1 Å². The Bertz CT molecular complexity index is 561. The summed E-state index contributed by atoms with van der Waals surface area (Å²) in [5.74, 6) is 0. The maximum atomic E-state index is 6.05. The van der Waals surface area contributed by atoms with Gasteiger partial charge in [-0.3, -0.25) is 4.90 Å². The highest BCUT2D eigenvalue weighted by atomic mass is 32.1. The molecule has 0 fully saturated rings. The molecule has 1 atom stereocenters. The Morgan fingerprint density at radius 1 is 1.26 bits per heavy atom. The second-order valence-corrected chi connectivity index (χ2v) is 6.16. The van der Waals surface area contributed by atoms with Crippen LogP contribution in [0.5, 0.6) is 0 Å². The fourth-order valence-corrected chi connectivity index (χ4v) is 4.01. The highest BCUT2D eigenvalue weighted by Crippen LogP contribution is 2.31. The smallest absolute Gasteiger partial charge is 0.0570 e. The first-order valence-electron chi connectivity index (χ1n) is 6.84. The van der Waals surface area contributed by atoms with Crippen molar-refractivity contribution in [3.63, 3.8) is 0 Å². The highest BCUT2D eigenvalue weighted by Gasteiger charge is 2.25. The normalized spacial score (nSPS) is 17.2. The maximum absolute atomic E-state index is 6.05. The van der Waals surface area contributed by atoms with Crippen molar-refractivity contribution in [2.24, 2.45) is 5.73 Å². The van der Waals surface area contributed by atoms with E-state index in [-0.39, 0.29) is 0 Å². The van der Waals surface area contributed by atoms with Crippen molar-refractivity contribution in [1.82, 2.24) is 4.90 Å². The van der Waals surface area contributed by atoms with Crippen molar-refractivity contribution in [1.29, 1.82) is 0 Å². The van der Waals surface area contributed by atoms with Crippen molar-refractivity contribution in [2.45, 2.75) is 25.9 Å². The average molecular weight is 272 g/mol. The quantitative estimate of drug-likeness (QED) is 0.930. The number of fused-ring (bicyclic) bond motifs is 1. The predicted octanol–water partition coefficient (Wildman–Crippen LogP) is 3.11. The Morgan fingerprint density at radius 3 is 2.74 bits per heavy atom. The largest absolute Gasteiger partial charge is 0.329 e. The summed E-state index contributed by atoms with van der Waals surface area (Å²) in [4.78, 5) is 3.96. The minimum atomic E-state index is 0.369. The van der Waals surface area contributed by atoms with Crippen molar-refractivity contribution in [3.05, 3.63) is 57.3 Å². The van der Waals surface area contributed by atoms with Crippen LogP contribution in [-0.2, 0) is 13.0 Å². The monoisotopic (exact) mass is 272 g/mol. The Kier molecular flexibility index (Phi) is 3.69. The second-order valence-electron chi connectivity index (χ2n) is 5.21. The van der Waals surface area contributed by atoms with Gasteiger partial charge in [0, 0.05) is 24.5 Å². The molecule has 1 aliphatic heterocycles. The van der Waals surface area contributed by atoms with Crippen LogP contribution in [0.25, 0.3) is 0 Å². The standard InChI is InChI=1S/C16H20N2S/c1-12-7-9-19-16(12)15(10-17)18-8-6-13-4-2-3-5-14(13)11-18/h2-5,7,9,15H,6,8,10-11,17H2,1H3. The van der Waals surface area contributed by atoms with E-state index in [2.05, 4.69) is 47.5 Å². The van der Waals surface area contributed by atoms with Gasteiger partial charge < -0.3 is 5.73 Å². The molecule has 2 aromatic rings. The number of thiophene rings is 1. The van der Waals surface area contributed by atoms with Crippen molar-refractivity contribution >= 4 is 11.3 Å². The summed E-state index contributed by atoms with van der Waals surface area (Å²) in [6.07, 6.45) is 1.14. The lowest BCUT2D eigenvalue weighted by atomic mass is 9.98. The van der Waals surface area contributed by atoms with Gasteiger partial charge in [0.15, 0.2) is 0 Å². The number of aryl methyl sites for hydroxylation is 1. The summed E-state index contributed by atoms with van der Waals surface area (Å²) in [7, 11) is 0. The predicted molar refractivity (Wildman–Crippen MR) is 81.4 cm³/mol. The fraction of sp³-hybridized carbons (Fsp3) is 0.375. The molecule has 1 aromatic heterocycles. The third-order valence-electron chi connectivity index (χ3n) is 4.03. The zero-order valence-electron chi connectivity index (χ0n) is 11.3. The van der Waals surface area contributed by atoms with E-state index >= 15 is 0 Å². The van der Waals surface area contributed by atoms with E-state index in [1.807, 2.05) is 11.3 Å². The molecule has 1 aromatic carbocycles. The van der Waals surface area contributed by atoms with Gasteiger partial charge in [-0.1, -0.05) is 24.3 Å². The summed E-state index contributed by atoms with van der Waals surface area (Å²) in [5, 5.41) is 2.17. The number of hydrogen-bond acceptors (Lipinski definition) is 3. The molecule has 1 aliphatic rings. The molecule has 0 saturated heterocycles. The molecule has 0 radical (unpaired) electrons. The lowest BCUT2D eigenvalue weighted by molar-refractivity contribution is 0.186. The summed E-state index contributed by atoms with van der Waals surface area (Å²) < 4.78 is 0. The average Bonchev–Trinajstić information content (AvgIpc) is 2.86. The lowest BCUT2D eigenvalue weighted by Crippen LogP contribution is -2.37. The number of nitrogens with zero attached hydrogens (tertiary/aromatic N) is 1. The first-order valence-corrected chi connectivity index (χ1v) is 7.72.